The van der Waals surface area contributed by atoms with Crippen LogP contribution in [0.3, 0.4) is 0 Å². The highest BCUT2D eigenvalue weighted by Crippen LogP contribution is 2.25. The minimum Gasteiger partial charge on any atom is -0.370 e. The number of nitrogens with zero attached hydrogens (tertiary/aromatic N) is 3. The highest BCUT2D eigenvalue weighted by atomic mass is 127. The average molecular weight is 473 g/mol. The molecular weight excluding hydrogens is 449 g/mol. The number of imidazole rings is 1. The standard InChI is InChI=1S/C21H23N5.HI/c1-2-11-24-21(22)25-14-19-5-3-4-6-20(19)18-9-7-17(8-10-18)15-26-13-12-23-16-26;/h2-10,12-13,16H,1,11,14-15H2,(H3,22,24,25);1H. The second kappa shape index (κ2) is 10.5. The van der Waals surface area contributed by atoms with Crippen LogP contribution in [0.25, 0.3) is 11.1 Å². The molecule has 1 heterocycles. The number of nitrogens with one attached hydrogen (secondary N) is 1. The van der Waals surface area contributed by atoms with Crippen molar-refractivity contribution >= 4 is 29.9 Å². The van der Waals surface area contributed by atoms with Crippen molar-refractivity contribution in [1.82, 2.24) is 14.9 Å². The lowest BCUT2D eigenvalue weighted by Gasteiger charge is -2.10. The zero-order valence-electron chi connectivity index (χ0n) is 15.1. The van der Waals surface area contributed by atoms with Crippen LogP contribution in [0, 0.1) is 0 Å². The van der Waals surface area contributed by atoms with Crippen LogP contribution in [0.2, 0.25) is 0 Å². The molecule has 1 aromatic heterocycles. The number of rotatable bonds is 7. The Hall–Kier alpha value is -2.61. The summed E-state index contributed by atoms with van der Waals surface area (Å²) in [5, 5.41) is 2.99. The average Bonchev–Trinajstić information content (AvgIpc) is 3.18. The molecule has 0 unspecified atom stereocenters. The predicted octanol–water partition coefficient (Wildman–Crippen LogP) is 3.81. The van der Waals surface area contributed by atoms with Gasteiger partial charge in [0.2, 0.25) is 0 Å². The Morgan fingerprint density at radius 3 is 2.67 bits per heavy atom. The van der Waals surface area contributed by atoms with Crippen molar-refractivity contribution in [3.63, 3.8) is 0 Å². The van der Waals surface area contributed by atoms with E-state index in [-0.39, 0.29) is 24.0 Å². The van der Waals surface area contributed by atoms with Gasteiger partial charge in [-0.2, -0.15) is 0 Å². The second-order valence-corrected chi connectivity index (χ2v) is 5.96. The molecule has 5 nitrogen and oxygen atoms in total. The molecule has 0 saturated heterocycles. The van der Waals surface area contributed by atoms with E-state index in [1.54, 1.807) is 12.3 Å². The summed E-state index contributed by atoms with van der Waals surface area (Å²) in [6.07, 6.45) is 7.33. The zero-order chi connectivity index (χ0) is 18.2. The van der Waals surface area contributed by atoms with Gasteiger partial charge in [0.1, 0.15) is 0 Å². The van der Waals surface area contributed by atoms with Crippen LogP contribution in [-0.4, -0.2) is 22.1 Å². The molecule has 0 amide bonds. The number of aliphatic imine (C=N–C) groups is 1. The first-order chi connectivity index (χ1) is 12.8. The van der Waals surface area contributed by atoms with E-state index >= 15 is 0 Å². The van der Waals surface area contributed by atoms with E-state index in [4.69, 9.17) is 5.73 Å². The van der Waals surface area contributed by atoms with Gasteiger partial charge in [-0.3, -0.25) is 0 Å². The summed E-state index contributed by atoms with van der Waals surface area (Å²) < 4.78 is 2.05. The van der Waals surface area contributed by atoms with Gasteiger partial charge in [0.05, 0.1) is 12.9 Å². The minimum absolute atomic E-state index is 0. The number of halogens is 1. The molecule has 0 bridgehead atoms. The van der Waals surface area contributed by atoms with Gasteiger partial charge in [0, 0.05) is 25.5 Å². The van der Waals surface area contributed by atoms with E-state index in [0.717, 1.165) is 12.1 Å². The Balaban J connectivity index is 0.00000261. The van der Waals surface area contributed by atoms with E-state index < -0.39 is 0 Å². The van der Waals surface area contributed by atoms with Crippen molar-refractivity contribution in [3.05, 3.63) is 91.0 Å². The molecule has 0 spiro atoms. The molecule has 0 atom stereocenters. The maximum Gasteiger partial charge on any atom is 0.189 e. The Labute approximate surface area is 177 Å². The molecule has 0 aliphatic heterocycles. The molecule has 3 N–H and O–H groups in total. The normalized spacial score (nSPS) is 10.9. The summed E-state index contributed by atoms with van der Waals surface area (Å²) in [5.41, 5.74) is 10.6. The quantitative estimate of drug-likeness (QED) is 0.237. The Kier molecular flexibility index (Phi) is 8.06. The number of nitrogens with two attached hydrogens (primary N) is 1. The number of hydrogen-bond acceptors (Lipinski definition) is 2. The summed E-state index contributed by atoms with van der Waals surface area (Å²) in [6.45, 7) is 5.61. The monoisotopic (exact) mass is 473 g/mol. The predicted molar refractivity (Wildman–Crippen MR) is 122 cm³/mol. The maximum absolute atomic E-state index is 5.86. The number of aromatic nitrogens is 2. The summed E-state index contributed by atoms with van der Waals surface area (Å²) in [6, 6.07) is 16.9. The third-order valence-electron chi connectivity index (χ3n) is 4.05. The fraction of sp³-hybridized carbons (Fsp3) is 0.143. The van der Waals surface area contributed by atoms with E-state index in [9.17, 15) is 0 Å². The Morgan fingerprint density at radius 1 is 1.19 bits per heavy atom. The van der Waals surface area contributed by atoms with E-state index in [1.807, 2.05) is 24.7 Å². The number of hydrogen-bond donors (Lipinski definition) is 2. The van der Waals surface area contributed by atoms with Crippen molar-refractivity contribution in [2.24, 2.45) is 10.7 Å². The van der Waals surface area contributed by atoms with Crippen LogP contribution in [0.4, 0.5) is 0 Å². The van der Waals surface area contributed by atoms with Crippen molar-refractivity contribution < 1.29 is 0 Å². The first kappa shape index (κ1) is 20.7. The van der Waals surface area contributed by atoms with Gasteiger partial charge in [0.15, 0.2) is 5.96 Å². The van der Waals surface area contributed by atoms with Gasteiger partial charge in [-0.25, -0.2) is 9.98 Å². The van der Waals surface area contributed by atoms with Gasteiger partial charge in [-0.1, -0.05) is 54.6 Å². The first-order valence-corrected chi connectivity index (χ1v) is 8.54. The van der Waals surface area contributed by atoms with Gasteiger partial charge in [-0.15, -0.1) is 30.6 Å². The molecule has 0 aliphatic carbocycles. The van der Waals surface area contributed by atoms with Gasteiger partial charge < -0.3 is 15.6 Å². The first-order valence-electron chi connectivity index (χ1n) is 8.54. The fourth-order valence-electron chi connectivity index (χ4n) is 2.72. The van der Waals surface area contributed by atoms with Gasteiger partial charge in [0.25, 0.3) is 0 Å². The zero-order valence-corrected chi connectivity index (χ0v) is 17.4. The van der Waals surface area contributed by atoms with Gasteiger partial charge >= 0.3 is 0 Å². The molecule has 3 aromatic rings. The van der Waals surface area contributed by atoms with Crippen molar-refractivity contribution in [2.75, 3.05) is 6.54 Å². The van der Waals surface area contributed by atoms with E-state index in [0.29, 0.717) is 19.0 Å². The molecule has 0 fully saturated rings. The summed E-state index contributed by atoms with van der Waals surface area (Å²) in [5.74, 6) is 0.426. The highest BCUT2D eigenvalue weighted by molar-refractivity contribution is 14.0. The van der Waals surface area contributed by atoms with E-state index in [2.05, 4.69) is 62.8 Å². The third-order valence-corrected chi connectivity index (χ3v) is 4.05. The molecule has 2 aromatic carbocycles. The Morgan fingerprint density at radius 2 is 1.96 bits per heavy atom. The fourth-order valence-corrected chi connectivity index (χ4v) is 2.72. The van der Waals surface area contributed by atoms with Crippen LogP contribution < -0.4 is 11.1 Å². The Bertz CT molecular complexity index is 870. The van der Waals surface area contributed by atoms with Crippen LogP contribution in [0.5, 0.6) is 0 Å². The topological polar surface area (TPSA) is 68.2 Å². The lowest BCUT2D eigenvalue weighted by Crippen LogP contribution is -2.31. The third kappa shape index (κ3) is 5.96. The van der Waals surface area contributed by atoms with Crippen LogP contribution in [0.1, 0.15) is 11.1 Å². The van der Waals surface area contributed by atoms with Crippen molar-refractivity contribution in [1.29, 1.82) is 0 Å². The molecular formula is C21H24IN5. The summed E-state index contributed by atoms with van der Waals surface area (Å²) in [7, 11) is 0. The smallest absolute Gasteiger partial charge is 0.189 e. The van der Waals surface area contributed by atoms with Crippen molar-refractivity contribution in [2.45, 2.75) is 13.1 Å². The van der Waals surface area contributed by atoms with E-state index in [1.165, 1.54) is 16.7 Å². The molecule has 6 heteroatoms. The minimum atomic E-state index is 0. The molecule has 3 rings (SSSR count). The lowest BCUT2D eigenvalue weighted by molar-refractivity contribution is 0.797. The largest absolute Gasteiger partial charge is 0.370 e. The molecule has 27 heavy (non-hydrogen) atoms. The highest BCUT2D eigenvalue weighted by Gasteiger charge is 2.05. The maximum atomic E-state index is 5.86. The van der Waals surface area contributed by atoms with Crippen LogP contribution in [0.15, 0.2) is 84.9 Å². The molecule has 0 radical (unpaired) electrons. The molecule has 0 saturated carbocycles. The van der Waals surface area contributed by atoms with Crippen molar-refractivity contribution in [3.8, 4) is 11.1 Å². The number of benzene rings is 2. The lowest BCUT2D eigenvalue weighted by atomic mass is 9.98. The van der Waals surface area contributed by atoms with Crippen LogP contribution in [-0.2, 0) is 13.1 Å². The summed E-state index contributed by atoms with van der Waals surface area (Å²) >= 11 is 0. The van der Waals surface area contributed by atoms with Crippen LogP contribution >= 0.6 is 24.0 Å². The molecule has 0 aliphatic rings. The summed E-state index contributed by atoms with van der Waals surface area (Å²) in [4.78, 5) is 8.49. The van der Waals surface area contributed by atoms with Gasteiger partial charge in [-0.05, 0) is 22.3 Å². The number of guanidine groups is 1. The second-order valence-electron chi connectivity index (χ2n) is 5.96. The SMILES string of the molecule is C=CCNC(N)=NCc1ccccc1-c1ccc(Cn2ccnc2)cc1.I. The molecule has 140 valence electrons.